The van der Waals surface area contributed by atoms with Crippen LogP contribution in [0.1, 0.15) is 13.3 Å². The van der Waals surface area contributed by atoms with Crippen LogP contribution < -0.4 is 10.6 Å². The highest BCUT2D eigenvalue weighted by molar-refractivity contribution is 7.80. The molecule has 1 atom stereocenters. The second kappa shape index (κ2) is 6.11. The van der Waals surface area contributed by atoms with Gasteiger partial charge in [0, 0.05) is 44.8 Å². The van der Waals surface area contributed by atoms with Crippen LogP contribution in [-0.4, -0.2) is 47.1 Å². The Morgan fingerprint density at radius 3 is 2.67 bits per heavy atom. The Labute approximate surface area is 114 Å². The summed E-state index contributed by atoms with van der Waals surface area (Å²) in [5.74, 6) is 1.07. The molecule has 1 saturated heterocycles. The van der Waals surface area contributed by atoms with E-state index in [2.05, 4.69) is 27.8 Å². The molecule has 0 aliphatic carbocycles. The molecule has 1 aliphatic heterocycles. The average Bonchev–Trinajstić information content (AvgIpc) is 2.39. The summed E-state index contributed by atoms with van der Waals surface area (Å²) in [5.41, 5.74) is 5.60. The molecule has 0 amide bonds. The lowest BCUT2D eigenvalue weighted by Crippen LogP contribution is -2.50. The number of anilines is 1. The molecule has 2 N–H and O–H groups in total. The number of nitrogens with zero attached hydrogens (tertiary/aromatic N) is 3. The molecule has 5 heteroatoms. The molecule has 0 bridgehead atoms. The molecule has 1 aliphatic rings. The molecular weight excluding hydrogens is 244 g/mol. The molecule has 0 saturated carbocycles. The molecule has 1 aromatic rings. The van der Waals surface area contributed by atoms with E-state index in [0.29, 0.717) is 11.0 Å². The van der Waals surface area contributed by atoms with Gasteiger partial charge in [0.25, 0.3) is 0 Å². The largest absolute Gasteiger partial charge is 0.393 e. The SMILES string of the molecule is CC(CC(N)=S)N1CCN(c2ccccn2)CC1. The Hall–Kier alpha value is -1.20. The van der Waals surface area contributed by atoms with E-state index in [1.54, 1.807) is 0 Å². The molecule has 98 valence electrons. The molecule has 18 heavy (non-hydrogen) atoms. The van der Waals surface area contributed by atoms with E-state index in [9.17, 15) is 0 Å². The molecule has 1 unspecified atom stereocenters. The Kier molecular flexibility index (Phi) is 4.49. The van der Waals surface area contributed by atoms with Crippen molar-refractivity contribution >= 4 is 23.0 Å². The summed E-state index contributed by atoms with van der Waals surface area (Å²) in [6, 6.07) is 6.48. The van der Waals surface area contributed by atoms with Crippen molar-refractivity contribution in [3.63, 3.8) is 0 Å². The summed E-state index contributed by atoms with van der Waals surface area (Å²) in [6.45, 7) is 6.30. The van der Waals surface area contributed by atoms with Crippen molar-refractivity contribution in [2.24, 2.45) is 5.73 Å². The second-order valence-electron chi connectivity index (χ2n) is 4.73. The smallest absolute Gasteiger partial charge is 0.128 e. The lowest BCUT2D eigenvalue weighted by atomic mass is 10.1. The summed E-state index contributed by atoms with van der Waals surface area (Å²) in [6.07, 6.45) is 2.65. The van der Waals surface area contributed by atoms with E-state index in [1.165, 1.54) is 0 Å². The highest BCUT2D eigenvalue weighted by Crippen LogP contribution is 2.14. The Bertz CT molecular complexity index is 387. The van der Waals surface area contributed by atoms with E-state index in [4.69, 9.17) is 18.0 Å². The van der Waals surface area contributed by atoms with E-state index in [0.717, 1.165) is 38.4 Å². The number of nitrogens with two attached hydrogens (primary N) is 1. The first-order valence-corrected chi connectivity index (χ1v) is 6.76. The number of thiocarbonyl (C=S) groups is 1. The fourth-order valence-electron chi connectivity index (χ4n) is 2.35. The van der Waals surface area contributed by atoms with Gasteiger partial charge in [0.1, 0.15) is 5.82 Å². The first-order valence-electron chi connectivity index (χ1n) is 6.35. The molecule has 0 spiro atoms. The van der Waals surface area contributed by atoms with Gasteiger partial charge in [-0.3, -0.25) is 4.90 Å². The van der Waals surface area contributed by atoms with Crippen molar-refractivity contribution in [2.75, 3.05) is 31.1 Å². The monoisotopic (exact) mass is 264 g/mol. The minimum absolute atomic E-state index is 0.438. The summed E-state index contributed by atoms with van der Waals surface area (Å²) in [5, 5.41) is 0. The highest BCUT2D eigenvalue weighted by atomic mass is 32.1. The predicted molar refractivity (Wildman–Crippen MR) is 78.9 cm³/mol. The standard InChI is InChI=1S/C13H20N4S/c1-11(10-12(14)18)16-6-8-17(9-7-16)13-4-2-3-5-15-13/h2-5,11H,6-10H2,1H3,(H2,14,18). The van der Waals surface area contributed by atoms with Gasteiger partial charge >= 0.3 is 0 Å². The lowest BCUT2D eigenvalue weighted by molar-refractivity contribution is 0.201. The molecular formula is C13H20N4S. The van der Waals surface area contributed by atoms with Gasteiger partial charge in [-0.2, -0.15) is 0 Å². The topological polar surface area (TPSA) is 45.4 Å². The summed E-state index contributed by atoms with van der Waals surface area (Å²) in [4.78, 5) is 9.76. The van der Waals surface area contributed by atoms with Gasteiger partial charge < -0.3 is 10.6 Å². The van der Waals surface area contributed by atoms with Crippen molar-refractivity contribution in [3.8, 4) is 0 Å². The first-order chi connectivity index (χ1) is 8.66. The molecule has 0 radical (unpaired) electrons. The summed E-state index contributed by atoms with van der Waals surface area (Å²) < 4.78 is 0. The number of hydrogen-bond acceptors (Lipinski definition) is 4. The van der Waals surface area contributed by atoms with Crippen LogP contribution >= 0.6 is 12.2 Å². The Morgan fingerprint density at radius 2 is 2.11 bits per heavy atom. The Morgan fingerprint density at radius 1 is 1.39 bits per heavy atom. The Balaban J connectivity index is 1.86. The predicted octanol–water partition coefficient (Wildman–Crippen LogP) is 1.27. The third kappa shape index (κ3) is 3.40. The first kappa shape index (κ1) is 13.2. The summed E-state index contributed by atoms with van der Waals surface area (Å²) in [7, 11) is 0. The maximum absolute atomic E-state index is 5.60. The van der Waals surface area contributed by atoms with Crippen LogP contribution in [0.4, 0.5) is 5.82 Å². The zero-order chi connectivity index (χ0) is 13.0. The van der Waals surface area contributed by atoms with E-state index < -0.39 is 0 Å². The van der Waals surface area contributed by atoms with Gasteiger partial charge in [0.15, 0.2) is 0 Å². The van der Waals surface area contributed by atoms with Crippen LogP contribution in [0.3, 0.4) is 0 Å². The molecule has 1 aromatic heterocycles. The molecule has 2 rings (SSSR count). The van der Waals surface area contributed by atoms with E-state index in [-0.39, 0.29) is 0 Å². The number of piperazine rings is 1. The van der Waals surface area contributed by atoms with Crippen LogP contribution in [-0.2, 0) is 0 Å². The lowest BCUT2D eigenvalue weighted by Gasteiger charge is -2.38. The minimum atomic E-state index is 0.438. The molecule has 1 fully saturated rings. The molecule has 2 heterocycles. The number of rotatable bonds is 4. The van der Waals surface area contributed by atoms with Crippen molar-refractivity contribution < 1.29 is 0 Å². The zero-order valence-corrected chi connectivity index (χ0v) is 11.6. The van der Waals surface area contributed by atoms with Gasteiger partial charge in [0.05, 0.1) is 4.99 Å². The fourth-order valence-corrected chi connectivity index (χ4v) is 2.59. The van der Waals surface area contributed by atoms with E-state index >= 15 is 0 Å². The third-order valence-electron chi connectivity index (χ3n) is 3.41. The van der Waals surface area contributed by atoms with Gasteiger partial charge in [-0.25, -0.2) is 4.98 Å². The van der Waals surface area contributed by atoms with Gasteiger partial charge in [0.2, 0.25) is 0 Å². The fraction of sp³-hybridized carbons (Fsp3) is 0.538. The average molecular weight is 264 g/mol. The minimum Gasteiger partial charge on any atom is -0.393 e. The van der Waals surface area contributed by atoms with Crippen molar-refractivity contribution in [1.29, 1.82) is 0 Å². The van der Waals surface area contributed by atoms with Crippen molar-refractivity contribution in [1.82, 2.24) is 9.88 Å². The van der Waals surface area contributed by atoms with Crippen LogP contribution in [0, 0.1) is 0 Å². The summed E-state index contributed by atoms with van der Waals surface area (Å²) >= 11 is 4.97. The van der Waals surface area contributed by atoms with Gasteiger partial charge in [-0.15, -0.1) is 0 Å². The number of pyridine rings is 1. The second-order valence-corrected chi connectivity index (χ2v) is 5.25. The zero-order valence-electron chi connectivity index (χ0n) is 10.7. The maximum Gasteiger partial charge on any atom is 0.128 e. The van der Waals surface area contributed by atoms with Crippen molar-refractivity contribution in [2.45, 2.75) is 19.4 Å². The third-order valence-corrected chi connectivity index (χ3v) is 3.57. The normalized spacial score (nSPS) is 18.6. The van der Waals surface area contributed by atoms with Gasteiger partial charge in [-0.1, -0.05) is 18.3 Å². The highest BCUT2D eigenvalue weighted by Gasteiger charge is 2.21. The van der Waals surface area contributed by atoms with E-state index in [1.807, 2.05) is 18.3 Å². The number of hydrogen-bond donors (Lipinski definition) is 1. The van der Waals surface area contributed by atoms with Crippen LogP contribution in [0.25, 0.3) is 0 Å². The van der Waals surface area contributed by atoms with Crippen LogP contribution in [0.2, 0.25) is 0 Å². The van der Waals surface area contributed by atoms with Crippen LogP contribution in [0.15, 0.2) is 24.4 Å². The van der Waals surface area contributed by atoms with Gasteiger partial charge in [-0.05, 0) is 19.1 Å². The maximum atomic E-state index is 5.60. The van der Waals surface area contributed by atoms with Crippen LogP contribution in [0.5, 0.6) is 0 Å². The van der Waals surface area contributed by atoms with Crippen molar-refractivity contribution in [3.05, 3.63) is 24.4 Å². The molecule has 0 aromatic carbocycles. The molecule has 4 nitrogen and oxygen atoms in total. The number of aromatic nitrogens is 1. The quantitative estimate of drug-likeness (QED) is 0.830.